The van der Waals surface area contributed by atoms with Crippen molar-refractivity contribution in [2.45, 2.75) is 12.7 Å². The first-order chi connectivity index (χ1) is 11.3. The van der Waals surface area contributed by atoms with Gasteiger partial charge in [0.25, 0.3) is 0 Å². The molecule has 1 aromatic carbocycles. The van der Waals surface area contributed by atoms with E-state index in [0.29, 0.717) is 11.1 Å². The van der Waals surface area contributed by atoms with Crippen molar-refractivity contribution in [1.82, 2.24) is 14.8 Å². The predicted molar refractivity (Wildman–Crippen MR) is 78.6 cm³/mol. The van der Waals surface area contributed by atoms with E-state index in [2.05, 4.69) is 10.1 Å². The molecule has 0 saturated carbocycles. The smallest absolute Gasteiger partial charge is 0.408 e. The first-order valence-electron chi connectivity index (χ1n) is 6.87. The molecule has 124 valence electrons. The number of alkyl halides is 3. The van der Waals surface area contributed by atoms with E-state index >= 15 is 0 Å². The molecule has 0 spiro atoms. The Hall–Kier alpha value is -2.90. The van der Waals surface area contributed by atoms with Crippen LogP contribution in [-0.2, 0) is 6.54 Å². The van der Waals surface area contributed by atoms with E-state index in [0.717, 1.165) is 16.8 Å². The molecule has 24 heavy (non-hydrogen) atoms. The largest absolute Gasteiger partial charge is 0.505 e. The lowest BCUT2D eigenvalue weighted by Crippen LogP contribution is -2.17. The predicted octanol–water partition coefficient (Wildman–Crippen LogP) is 4.02. The normalized spacial score (nSPS) is 11.7. The highest BCUT2D eigenvalue weighted by molar-refractivity contribution is 5.80. The fraction of sp³-hybridized carbons (Fsp3) is 0.125. The Labute approximate surface area is 134 Å². The zero-order valence-corrected chi connectivity index (χ0v) is 12.1. The minimum absolute atomic E-state index is 0.185. The summed E-state index contributed by atoms with van der Waals surface area (Å²) in [6.45, 7) is -1.26. The van der Waals surface area contributed by atoms with Crippen molar-refractivity contribution >= 4 is 0 Å². The first-order valence-corrected chi connectivity index (χ1v) is 6.87. The quantitative estimate of drug-likeness (QED) is 0.735. The molecule has 1 N–H and O–H groups in total. The number of hydrogen-bond donors (Lipinski definition) is 1. The Balaban J connectivity index is 2.13. The average Bonchev–Trinajstić information content (AvgIpc) is 2.92. The molecule has 2 aromatic heterocycles. The molecule has 3 rings (SSSR count). The van der Waals surface area contributed by atoms with Gasteiger partial charge in [-0.1, -0.05) is 0 Å². The number of phenolic OH excluding ortho intramolecular Hbond substituents is 1. The minimum Gasteiger partial charge on any atom is -0.505 e. The van der Waals surface area contributed by atoms with Crippen molar-refractivity contribution in [1.29, 1.82) is 0 Å². The minimum atomic E-state index is -4.43. The van der Waals surface area contributed by atoms with Crippen LogP contribution >= 0.6 is 0 Å². The Kier molecular flexibility index (Phi) is 3.96. The number of rotatable bonds is 3. The van der Waals surface area contributed by atoms with E-state index < -0.39 is 24.3 Å². The topological polar surface area (TPSA) is 50.9 Å². The molecular formula is C16H11F4N3O. The number of phenols is 1. The number of benzene rings is 1. The fourth-order valence-electron chi connectivity index (χ4n) is 2.30. The lowest BCUT2D eigenvalue weighted by atomic mass is 10.0. The molecule has 0 fully saturated rings. The number of pyridine rings is 1. The molecule has 0 bridgehead atoms. The second-order valence-electron chi connectivity index (χ2n) is 5.11. The molecule has 0 amide bonds. The monoisotopic (exact) mass is 337 g/mol. The molecule has 0 unspecified atom stereocenters. The summed E-state index contributed by atoms with van der Waals surface area (Å²) in [5.74, 6) is -1.42. The molecule has 2 heterocycles. The SMILES string of the molecule is Oc1ccc(-c2nn(CC(F)(F)F)cc2-c2ccncc2)cc1F. The van der Waals surface area contributed by atoms with Crippen molar-refractivity contribution in [3.8, 4) is 28.1 Å². The van der Waals surface area contributed by atoms with Gasteiger partial charge in [-0.05, 0) is 35.9 Å². The maximum atomic E-state index is 13.6. The maximum absolute atomic E-state index is 13.6. The van der Waals surface area contributed by atoms with Crippen LogP contribution in [0.1, 0.15) is 0 Å². The van der Waals surface area contributed by atoms with Crippen molar-refractivity contribution in [2.24, 2.45) is 0 Å². The van der Waals surface area contributed by atoms with E-state index in [9.17, 15) is 22.7 Å². The second-order valence-corrected chi connectivity index (χ2v) is 5.11. The van der Waals surface area contributed by atoms with Crippen LogP contribution in [-0.4, -0.2) is 26.0 Å². The van der Waals surface area contributed by atoms with Gasteiger partial charge in [-0.25, -0.2) is 4.39 Å². The number of hydrogen-bond acceptors (Lipinski definition) is 3. The van der Waals surface area contributed by atoms with E-state index in [1.807, 2.05) is 0 Å². The van der Waals surface area contributed by atoms with Gasteiger partial charge in [-0.2, -0.15) is 18.3 Å². The highest BCUT2D eigenvalue weighted by atomic mass is 19.4. The summed E-state index contributed by atoms with van der Waals surface area (Å²) in [4.78, 5) is 3.86. The van der Waals surface area contributed by atoms with Crippen LogP contribution in [0.15, 0.2) is 48.9 Å². The van der Waals surface area contributed by atoms with Gasteiger partial charge in [0, 0.05) is 29.7 Å². The van der Waals surface area contributed by atoms with Crippen molar-refractivity contribution in [3.05, 3.63) is 54.7 Å². The summed E-state index contributed by atoms with van der Waals surface area (Å²) in [7, 11) is 0. The molecular weight excluding hydrogens is 326 g/mol. The van der Waals surface area contributed by atoms with Crippen LogP contribution in [0.4, 0.5) is 17.6 Å². The summed E-state index contributed by atoms with van der Waals surface area (Å²) >= 11 is 0. The fourth-order valence-corrected chi connectivity index (χ4v) is 2.30. The third kappa shape index (κ3) is 3.37. The second kappa shape index (κ2) is 5.95. The van der Waals surface area contributed by atoms with Gasteiger partial charge in [0.2, 0.25) is 0 Å². The van der Waals surface area contributed by atoms with Crippen molar-refractivity contribution < 1.29 is 22.7 Å². The molecule has 8 heteroatoms. The summed E-state index contributed by atoms with van der Waals surface area (Å²) in [5.41, 5.74) is 1.45. The van der Waals surface area contributed by atoms with E-state index in [1.165, 1.54) is 24.7 Å². The highest BCUT2D eigenvalue weighted by Crippen LogP contribution is 2.33. The first kappa shape index (κ1) is 16.0. The van der Waals surface area contributed by atoms with Crippen LogP contribution in [0, 0.1) is 5.82 Å². The zero-order valence-electron chi connectivity index (χ0n) is 12.1. The Bertz CT molecular complexity index is 860. The van der Waals surface area contributed by atoms with Crippen LogP contribution in [0.5, 0.6) is 5.75 Å². The van der Waals surface area contributed by atoms with E-state index in [1.54, 1.807) is 12.1 Å². The molecule has 0 atom stereocenters. The molecule has 0 saturated heterocycles. The number of aromatic nitrogens is 3. The van der Waals surface area contributed by atoms with Gasteiger partial charge >= 0.3 is 6.18 Å². The van der Waals surface area contributed by atoms with Crippen LogP contribution in [0.25, 0.3) is 22.4 Å². The van der Waals surface area contributed by atoms with E-state index in [-0.39, 0.29) is 11.3 Å². The van der Waals surface area contributed by atoms with Gasteiger partial charge in [-0.3, -0.25) is 9.67 Å². The molecule has 0 aliphatic rings. The Morgan fingerprint density at radius 1 is 1.04 bits per heavy atom. The average molecular weight is 337 g/mol. The van der Waals surface area contributed by atoms with Crippen LogP contribution in [0.3, 0.4) is 0 Å². The summed E-state index contributed by atoms with van der Waals surface area (Å²) in [6, 6.07) is 6.79. The molecule has 0 radical (unpaired) electrons. The van der Waals surface area contributed by atoms with Gasteiger partial charge < -0.3 is 5.11 Å². The van der Waals surface area contributed by atoms with Gasteiger partial charge in [0.1, 0.15) is 12.2 Å². The zero-order chi connectivity index (χ0) is 17.3. The molecule has 0 aliphatic heterocycles. The van der Waals surface area contributed by atoms with Crippen molar-refractivity contribution in [2.75, 3.05) is 0 Å². The number of aromatic hydroxyl groups is 1. The lowest BCUT2D eigenvalue weighted by molar-refractivity contribution is -0.142. The highest BCUT2D eigenvalue weighted by Gasteiger charge is 2.29. The van der Waals surface area contributed by atoms with Gasteiger partial charge in [0.05, 0.1) is 0 Å². The van der Waals surface area contributed by atoms with E-state index in [4.69, 9.17) is 0 Å². The Morgan fingerprint density at radius 2 is 1.75 bits per heavy atom. The number of nitrogens with zero attached hydrogens (tertiary/aromatic N) is 3. The van der Waals surface area contributed by atoms with Crippen molar-refractivity contribution in [3.63, 3.8) is 0 Å². The molecule has 4 nitrogen and oxygen atoms in total. The molecule has 0 aliphatic carbocycles. The third-order valence-electron chi connectivity index (χ3n) is 3.32. The summed E-state index contributed by atoms with van der Waals surface area (Å²) < 4.78 is 52.3. The number of halogens is 4. The molecule has 3 aromatic rings. The third-order valence-corrected chi connectivity index (χ3v) is 3.32. The standard InChI is InChI=1S/C16H11F4N3O/c17-13-7-11(1-2-14(13)24)15-12(10-3-5-21-6-4-10)8-23(22-15)9-16(18,19)20/h1-8,24H,9H2. The van der Waals surface area contributed by atoms with Gasteiger partial charge in [0.15, 0.2) is 11.6 Å². The van der Waals surface area contributed by atoms with Crippen LogP contribution < -0.4 is 0 Å². The Morgan fingerprint density at radius 3 is 2.38 bits per heavy atom. The summed E-state index contributed by atoms with van der Waals surface area (Å²) in [6.07, 6.45) is -0.183. The maximum Gasteiger partial charge on any atom is 0.408 e. The van der Waals surface area contributed by atoms with Crippen LogP contribution in [0.2, 0.25) is 0 Å². The summed E-state index contributed by atoms with van der Waals surface area (Å²) in [5, 5.41) is 13.2. The lowest BCUT2D eigenvalue weighted by Gasteiger charge is -2.05. The van der Waals surface area contributed by atoms with Gasteiger partial charge in [-0.15, -0.1) is 0 Å².